The molecule has 0 aliphatic heterocycles. The van der Waals surface area contributed by atoms with Crippen LogP contribution in [0.4, 0.5) is 0 Å². The van der Waals surface area contributed by atoms with Gasteiger partial charge in [-0.05, 0) is 49.8 Å². The lowest BCUT2D eigenvalue weighted by Gasteiger charge is -2.14. The van der Waals surface area contributed by atoms with Crippen molar-refractivity contribution in [2.45, 2.75) is 58.4 Å². The maximum atomic E-state index is 12.1. The highest BCUT2D eigenvalue weighted by Gasteiger charge is 2.23. The van der Waals surface area contributed by atoms with E-state index in [9.17, 15) is 9.59 Å². The largest absolute Gasteiger partial charge is 0.392 e. The molecule has 0 heterocycles. The standard InChI is InChI=1S/C19H30N2O3/c1-13(2)12-15-7-9-16(10-8-15)14(3)18(22)24-19(23)17(21)6-4-5-11-20/h7-10,13-14,17H,4-6,11-12,20-21H2,1-3H3/t14-,17+/m1/s1. The molecule has 0 saturated heterocycles. The molecular formula is C19H30N2O3. The number of hydrogen-bond acceptors (Lipinski definition) is 5. The van der Waals surface area contributed by atoms with Crippen LogP contribution >= 0.6 is 0 Å². The number of ether oxygens (including phenoxy) is 1. The van der Waals surface area contributed by atoms with Crippen molar-refractivity contribution in [2.75, 3.05) is 6.54 Å². The van der Waals surface area contributed by atoms with Gasteiger partial charge in [0.25, 0.3) is 0 Å². The Morgan fingerprint density at radius 1 is 1.04 bits per heavy atom. The van der Waals surface area contributed by atoms with Crippen LogP contribution in [0.1, 0.15) is 57.1 Å². The molecule has 0 saturated carbocycles. The second-order valence-corrected chi connectivity index (χ2v) is 6.69. The van der Waals surface area contributed by atoms with E-state index in [-0.39, 0.29) is 0 Å². The normalized spacial score (nSPS) is 13.6. The molecule has 0 aliphatic rings. The summed E-state index contributed by atoms with van der Waals surface area (Å²) in [6.45, 7) is 6.62. The second-order valence-electron chi connectivity index (χ2n) is 6.69. The number of unbranched alkanes of at least 4 members (excludes halogenated alkanes) is 1. The fourth-order valence-electron chi connectivity index (χ4n) is 2.44. The molecule has 1 aromatic carbocycles. The summed E-state index contributed by atoms with van der Waals surface area (Å²) in [5, 5.41) is 0. The quantitative estimate of drug-likeness (QED) is 0.411. The molecule has 0 aliphatic carbocycles. The highest BCUT2D eigenvalue weighted by molar-refractivity contribution is 5.91. The zero-order valence-electron chi connectivity index (χ0n) is 15.0. The summed E-state index contributed by atoms with van der Waals surface area (Å²) >= 11 is 0. The molecule has 0 unspecified atom stereocenters. The predicted molar refractivity (Wildman–Crippen MR) is 95.4 cm³/mol. The van der Waals surface area contributed by atoms with Crippen LogP contribution in [0.3, 0.4) is 0 Å². The third-order valence-electron chi connectivity index (χ3n) is 3.95. The zero-order valence-corrected chi connectivity index (χ0v) is 15.0. The van der Waals surface area contributed by atoms with E-state index in [2.05, 4.69) is 13.8 Å². The Morgan fingerprint density at radius 2 is 1.67 bits per heavy atom. The van der Waals surface area contributed by atoms with Crippen LogP contribution in [0.15, 0.2) is 24.3 Å². The Balaban J connectivity index is 2.56. The van der Waals surface area contributed by atoms with Gasteiger partial charge in [-0.25, -0.2) is 4.79 Å². The van der Waals surface area contributed by atoms with Crippen LogP contribution in [0.2, 0.25) is 0 Å². The average Bonchev–Trinajstić information content (AvgIpc) is 2.54. The molecule has 2 atom stereocenters. The molecule has 5 heteroatoms. The van der Waals surface area contributed by atoms with Gasteiger partial charge < -0.3 is 16.2 Å². The van der Waals surface area contributed by atoms with E-state index in [1.54, 1.807) is 6.92 Å². The molecule has 0 radical (unpaired) electrons. The molecule has 0 amide bonds. The fourth-order valence-corrected chi connectivity index (χ4v) is 2.44. The van der Waals surface area contributed by atoms with Crippen LogP contribution in [0.25, 0.3) is 0 Å². The van der Waals surface area contributed by atoms with E-state index in [4.69, 9.17) is 16.2 Å². The Labute approximate surface area is 144 Å². The van der Waals surface area contributed by atoms with Crippen molar-refractivity contribution in [3.63, 3.8) is 0 Å². The maximum Gasteiger partial charge on any atom is 0.330 e. The molecule has 24 heavy (non-hydrogen) atoms. The summed E-state index contributed by atoms with van der Waals surface area (Å²) in [5.41, 5.74) is 13.2. The first kappa shape index (κ1) is 20.3. The fraction of sp³-hybridized carbons (Fsp3) is 0.579. The molecule has 134 valence electrons. The number of carbonyl (C=O) groups excluding carboxylic acids is 2. The summed E-state index contributed by atoms with van der Waals surface area (Å²) in [4.78, 5) is 24.0. The topological polar surface area (TPSA) is 95.4 Å². The van der Waals surface area contributed by atoms with Crippen LogP contribution in [-0.4, -0.2) is 24.5 Å². The van der Waals surface area contributed by atoms with Crippen molar-refractivity contribution in [2.24, 2.45) is 17.4 Å². The third kappa shape index (κ3) is 6.81. The van der Waals surface area contributed by atoms with Gasteiger partial charge in [0.05, 0.1) is 5.92 Å². The van der Waals surface area contributed by atoms with Crippen molar-refractivity contribution in [3.05, 3.63) is 35.4 Å². The molecule has 0 spiro atoms. The van der Waals surface area contributed by atoms with Crippen molar-refractivity contribution >= 4 is 11.9 Å². The van der Waals surface area contributed by atoms with Crippen LogP contribution in [-0.2, 0) is 20.7 Å². The summed E-state index contributed by atoms with van der Waals surface area (Å²) in [5.74, 6) is -1.15. The van der Waals surface area contributed by atoms with Crippen LogP contribution in [0.5, 0.6) is 0 Å². The Hall–Kier alpha value is -1.72. The third-order valence-corrected chi connectivity index (χ3v) is 3.95. The first-order valence-electron chi connectivity index (χ1n) is 8.65. The smallest absolute Gasteiger partial charge is 0.330 e. The minimum atomic E-state index is -0.777. The van der Waals surface area contributed by atoms with E-state index in [1.807, 2.05) is 24.3 Å². The first-order chi connectivity index (χ1) is 11.3. The van der Waals surface area contributed by atoms with Gasteiger partial charge in [-0.2, -0.15) is 0 Å². The number of hydrogen-bond donors (Lipinski definition) is 2. The van der Waals surface area contributed by atoms with E-state index in [0.29, 0.717) is 18.9 Å². The Morgan fingerprint density at radius 3 is 2.21 bits per heavy atom. The van der Waals surface area contributed by atoms with Gasteiger partial charge >= 0.3 is 11.9 Å². The lowest BCUT2D eigenvalue weighted by molar-refractivity contribution is -0.161. The van der Waals surface area contributed by atoms with Crippen LogP contribution < -0.4 is 11.5 Å². The number of nitrogens with two attached hydrogens (primary N) is 2. The van der Waals surface area contributed by atoms with Gasteiger partial charge in [0.1, 0.15) is 6.04 Å². The van der Waals surface area contributed by atoms with Crippen LogP contribution in [0, 0.1) is 5.92 Å². The van der Waals surface area contributed by atoms with Gasteiger partial charge in [-0.15, -0.1) is 0 Å². The number of esters is 2. The average molecular weight is 334 g/mol. The lowest BCUT2D eigenvalue weighted by atomic mass is 9.97. The van der Waals surface area contributed by atoms with E-state index >= 15 is 0 Å². The maximum absolute atomic E-state index is 12.1. The lowest BCUT2D eigenvalue weighted by Crippen LogP contribution is -2.34. The summed E-state index contributed by atoms with van der Waals surface area (Å²) in [7, 11) is 0. The zero-order chi connectivity index (χ0) is 18.1. The summed E-state index contributed by atoms with van der Waals surface area (Å²) in [6.07, 6.45) is 3.01. The Kier molecular flexibility index (Phi) is 8.65. The van der Waals surface area contributed by atoms with Crippen molar-refractivity contribution < 1.29 is 14.3 Å². The predicted octanol–water partition coefficient (Wildman–Crippen LogP) is 2.51. The minimum absolute atomic E-state index is 0.474. The van der Waals surface area contributed by atoms with Gasteiger partial charge in [-0.3, -0.25) is 4.79 Å². The summed E-state index contributed by atoms with van der Waals surface area (Å²) in [6, 6.07) is 7.07. The highest BCUT2D eigenvalue weighted by Crippen LogP contribution is 2.19. The minimum Gasteiger partial charge on any atom is -0.392 e. The Bertz CT molecular complexity index is 526. The molecule has 1 aromatic rings. The van der Waals surface area contributed by atoms with Crippen molar-refractivity contribution in [1.82, 2.24) is 0 Å². The highest BCUT2D eigenvalue weighted by atomic mass is 16.6. The second kappa shape index (κ2) is 10.2. The van der Waals surface area contributed by atoms with Crippen molar-refractivity contribution in [1.29, 1.82) is 0 Å². The van der Waals surface area contributed by atoms with Gasteiger partial charge in [0, 0.05) is 0 Å². The SMILES string of the molecule is CC(C)Cc1ccc([C@@H](C)C(=O)OC(=O)[C@@H](N)CCCCN)cc1. The molecule has 0 bridgehead atoms. The van der Waals surface area contributed by atoms with E-state index in [0.717, 1.165) is 24.8 Å². The molecule has 0 aromatic heterocycles. The first-order valence-corrected chi connectivity index (χ1v) is 8.65. The number of rotatable bonds is 9. The number of carbonyl (C=O) groups is 2. The monoisotopic (exact) mass is 334 g/mol. The van der Waals surface area contributed by atoms with Gasteiger partial charge in [-0.1, -0.05) is 44.5 Å². The van der Waals surface area contributed by atoms with Crippen molar-refractivity contribution in [3.8, 4) is 0 Å². The molecule has 0 fully saturated rings. The molecular weight excluding hydrogens is 304 g/mol. The van der Waals surface area contributed by atoms with E-state index in [1.165, 1.54) is 5.56 Å². The molecule has 5 nitrogen and oxygen atoms in total. The molecule has 1 rings (SSSR count). The van der Waals surface area contributed by atoms with E-state index < -0.39 is 23.9 Å². The molecule has 4 N–H and O–H groups in total. The van der Waals surface area contributed by atoms with Gasteiger partial charge in [0.15, 0.2) is 0 Å². The van der Waals surface area contributed by atoms with Gasteiger partial charge in [0.2, 0.25) is 0 Å². The number of benzene rings is 1. The summed E-state index contributed by atoms with van der Waals surface area (Å²) < 4.78 is 4.92.